The number of halogens is 6. The predicted octanol–water partition coefficient (Wildman–Crippen LogP) is 5.64. The molecule has 0 amide bonds. The van der Waals surface area contributed by atoms with E-state index in [0.717, 1.165) is 0 Å². The van der Waals surface area contributed by atoms with Gasteiger partial charge in [-0.2, -0.15) is 0 Å². The van der Waals surface area contributed by atoms with E-state index in [1.165, 1.54) is 0 Å². The van der Waals surface area contributed by atoms with Gasteiger partial charge >= 0.3 is 0 Å². The number of rotatable bonds is 1. The molecule has 0 spiro atoms. The molecule has 0 unspecified atom stereocenters. The third kappa shape index (κ3) is 3.52. The Morgan fingerprint density at radius 2 is 1.57 bits per heavy atom. The van der Waals surface area contributed by atoms with E-state index in [9.17, 15) is 0 Å². The van der Waals surface area contributed by atoms with Gasteiger partial charge in [0.25, 0.3) is 0 Å². The molecular weight excluding hydrogens is 309 g/mol. The molecule has 0 aromatic heterocycles. The van der Waals surface area contributed by atoms with Crippen molar-refractivity contribution < 1.29 is 0 Å². The fraction of sp³-hybridized carbons (Fsp3) is 0.250. The molecule has 14 heavy (non-hydrogen) atoms. The average molecular weight is 313 g/mol. The molecule has 0 heterocycles. The van der Waals surface area contributed by atoms with Crippen molar-refractivity contribution in [2.45, 2.75) is 8.63 Å². The smallest absolute Gasteiger partial charge is 0.100 e. The van der Waals surface area contributed by atoms with Crippen LogP contribution in [0, 0.1) is 0 Å². The Morgan fingerprint density at radius 1 is 1.00 bits per heavy atom. The third-order valence-corrected chi connectivity index (χ3v) is 2.88. The molecule has 0 saturated carbocycles. The van der Waals surface area contributed by atoms with Gasteiger partial charge in [-0.05, 0) is 23.8 Å². The van der Waals surface area contributed by atoms with E-state index in [-0.39, 0.29) is 0 Å². The lowest BCUT2D eigenvalue weighted by molar-refractivity contribution is 1.20. The highest BCUT2D eigenvalue weighted by Gasteiger charge is 2.24. The molecule has 6 heteroatoms. The molecule has 0 fully saturated rings. The van der Waals surface area contributed by atoms with Crippen molar-refractivity contribution >= 4 is 69.6 Å². The molecule has 0 saturated heterocycles. The Morgan fingerprint density at radius 3 is 2.00 bits per heavy atom. The standard InChI is InChI=1S/C8H4Cl6/c9-6-2-4(7(10)11)1-5(3-6)8(12,13)14/h1-3,7H. The van der Waals surface area contributed by atoms with Crippen molar-refractivity contribution in [2.75, 3.05) is 0 Å². The number of hydrogen-bond acceptors (Lipinski definition) is 0. The van der Waals surface area contributed by atoms with E-state index in [4.69, 9.17) is 69.6 Å². The van der Waals surface area contributed by atoms with Crippen LogP contribution in [0.3, 0.4) is 0 Å². The van der Waals surface area contributed by atoms with Gasteiger partial charge in [0.05, 0.1) is 0 Å². The van der Waals surface area contributed by atoms with E-state index in [1.54, 1.807) is 18.2 Å². The van der Waals surface area contributed by atoms with Gasteiger partial charge in [-0.1, -0.05) is 46.4 Å². The van der Waals surface area contributed by atoms with Crippen LogP contribution in [0.2, 0.25) is 5.02 Å². The molecule has 0 aliphatic carbocycles. The topological polar surface area (TPSA) is 0 Å². The lowest BCUT2D eigenvalue weighted by atomic mass is 10.1. The minimum atomic E-state index is -1.53. The van der Waals surface area contributed by atoms with Crippen molar-refractivity contribution in [1.82, 2.24) is 0 Å². The number of alkyl halides is 5. The van der Waals surface area contributed by atoms with E-state index >= 15 is 0 Å². The van der Waals surface area contributed by atoms with Gasteiger partial charge in [0, 0.05) is 10.6 Å². The number of benzene rings is 1. The minimum absolute atomic E-state index is 0.426. The summed E-state index contributed by atoms with van der Waals surface area (Å²) in [6.07, 6.45) is 0. The zero-order valence-electron chi connectivity index (χ0n) is 6.58. The summed E-state index contributed by atoms with van der Waals surface area (Å²) in [6.45, 7) is 0. The largest absolute Gasteiger partial charge is 0.216 e. The molecule has 0 nitrogen and oxygen atoms in total. The highest BCUT2D eigenvalue weighted by molar-refractivity contribution is 6.66. The van der Waals surface area contributed by atoms with Crippen LogP contribution in [0.1, 0.15) is 16.0 Å². The van der Waals surface area contributed by atoms with Gasteiger partial charge < -0.3 is 0 Å². The van der Waals surface area contributed by atoms with Crippen LogP contribution < -0.4 is 0 Å². The van der Waals surface area contributed by atoms with Crippen LogP contribution in [-0.4, -0.2) is 0 Å². The first-order valence-electron chi connectivity index (χ1n) is 3.46. The monoisotopic (exact) mass is 310 g/mol. The molecule has 0 N–H and O–H groups in total. The van der Waals surface area contributed by atoms with Crippen molar-refractivity contribution in [3.05, 3.63) is 34.3 Å². The van der Waals surface area contributed by atoms with Crippen LogP contribution in [0.5, 0.6) is 0 Å². The fourth-order valence-corrected chi connectivity index (χ4v) is 1.72. The predicted molar refractivity (Wildman–Crippen MR) is 65.1 cm³/mol. The van der Waals surface area contributed by atoms with Gasteiger partial charge in [-0.3, -0.25) is 0 Å². The van der Waals surface area contributed by atoms with Gasteiger partial charge in [0.2, 0.25) is 3.79 Å². The molecule has 1 aromatic rings. The van der Waals surface area contributed by atoms with Crippen molar-refractivity contribution in [3.8, 4) is 0 Å². The van der Waals surface area contributed by atoms with E-state index < -0.39 is 8.63 Å². The maximum absolute atomic E-state index is 5.81. The first-order valence-corrected chi connectivity index (χ1v) is 5.85. The minimum Gasteiger partial charge on any atom is -0.100 e. The molecule has 0 bridgehead atoms. The summed E-state index contributed by atoms with van der Waals surface area (Å²) < 4.78 is -1.53. The molecule has 78 valence electrons. The summed E-state index contributed by atoms with van der Waals surface area (Å²) in [6, 6.07) is 4.77. The fourth-order valence-electron chi connectivity index (χ4n) is 0.902. The molecule has 0 radical (unpaired) electrons. The Hall–Kier alpha value is 0.960. The summed E-state index contributed by atoms with van der Waals surface area (Å²) in [4.78, 5) is -0.695. The summed E-state index contributed by atoms with van der Waals surface area (Å²) in [5, 5.41) is 0.426. The molecule has 1 rings (SSSR count). The Kier molecular flexibility index (Phi) is 4.52. The Labute approximate surface area is 112 Å². The lowest BCUT2D eigenvalue weighted by Crippen LogP contribution is -2.01. The summed E-state index contributed by atoms with van der Waals surface area (Å²) in [7, 11) is 0. The third-order valence-electron chi connectivity index (χ3n) is 1.50. The van der Waals surface area contributed by atoms with Crippen LogP contribution in [0.15, 0.2) is 18.2 Å². The van der Waals surface area contributed by atoms with Crippen LogP contribution in [0.25, 0.3) is 0 Å². The summed E-state index contributed by atoms with van der Waals surface area (Å²) >= 11 is 34.2. The zero-order chi connectivity index (χ0) is 10.9. The zero-order valence-corrected chi connectivity index (χ0v) is 11.1. The normalized spacial score (nSPS) is 12.2. The van der Waals surface area contributed by atoms with Gasteiger partial charge in [-0.25, -0.2) is 0 Å². The van der Waals surface area contributed by atoms with Gasteiger partial charge in [-0.15, -0.1) is 23.2 Å². The second-order valence-corrected chi connectivity index (χ2v) is 6.39. The molecular formula is C8H4Cl6. The molecule has 0 atom stereocenters. The summed E-state index contributed by atoms with van der Waals surface area (Å²) in [5.74, 6) is 0. The maximum atomic E-state index is 5.81. The van der Waals surface area contributed by atoms with Crippen LogP contribution >= 0.6 is 69.6 Å². The van der Waals surface area contributed by atoms with Crippen molar-refractivity contribution in [1.29, 1.82) is 0 Å². The van der Waals surface area contributed by atoms with E-state index in [0.29, 0.717) is 16.1 Å². The SMILES string of the molecule is Clc1cc(C(Cl)Cl)cc(C(Cl)(Cl)Cl)c1. The van der Waals surface area contributed by atoms with Crippen molar-refractivity contribution in [2.24, 2.45) is 0 Å². The van der Waals surface area contributed by atoms with Gasteiger partial charge in [0.1, 0.15) is 4.84 Å². The van der Waals surface area contributed by atoms with Crippen LogP contribution in [-0.2, 0) is 3.79 Å². The Bertz CT molecular complexity index is 327. The van der Waals surface area contributed by atoms with Crippen molar-refractivity contribution in [3.63, 3.8) is 0 Å². The molecule has 0 aliphatic rings. The highest BCUT2D eigenvalue weighted by Crippen LogP contribution is 2.41. The Balaban J connectivity index is 3.21. The van der Waals surface area contributed by atoms with Gasteiger partial charge in [0.15, 0.2) is 0 Å². The van der Waals surface area contributed by atoms with Crippen LogP contribution in [0.4, 0.5) is 0 Å². The highest BCUT2D eigenvalue weighted by atomic mass is 35.6. The first kappa shape index (κ1) is 13.0. The average Bonchev–Trinajstić information content (AvgIpc) is 2.01. The second kappa shape index (κ2) is 4.86. The number of hydrogen-bond donors (Lipinski definition) is 0. The first-order chi connectivity index (χ1) is 6.30. The summed E-state index contributed by atoms with van der Waals surface area (Å²) in [5.41, 5.74) is 1.04. The second-order valence-electron chi connectivity index (χ2n) is 2.57. The molecule has 1 aromatic carbocycles. The quantitative estimate of drug-likeness (QED) is 0.588. The molecule has 0 aliphatic heterocycles. The lowest BCUT2D eigenvalue weighted by Gasteiger charge is -2.13. The van der Waals surface area contributed by atoms with E-state index in [1.807, 2.05) is 0 Å². The van der Waals surface area contributed by atoms with E-state index in [2.05, 4.69) is 0 Å². The maximum Gasteiger partial charge on any atom is 0.216 e.